The van der Waals surface area contributed by atoms with Crippen LogP contribution in [0.4, 0.5) is 20.2 Å². The van der Waals surface area contributed by atoms with Gasteiger partial charge in [0.2, 0.25) is 5.91 Å². The molecule has 3 heterocycles. The van der Waals surface area contributed by atoms with Gasteiger partial charge in [-0.2, -0.15) is 18.6 Å². The van der Waals surface area contributed by atoms with Crippen molar-refractivity contribution in [1.82, 2.24) is 14.8 Å². The maximum atomic E-state index is 13.9. The van der Waals surface area contributed by atoms with Gasteiger partial charge in [-0.3, -0.25) is 14.5 Å². The number of carbonyl (C=O) groups is 1. The number of likely N-dealkylation sites (N-methyl/N-ethyl adjacent to an activating group) is 1. The highest BCUT2D eigenvalue weighted by Gasteiger charge is 2.30. The fraction of sp³-hybridized carbons (Fsp3) is 0.375. The number of nitrogens with zero attached hydrogens (tertiary/aromatic N) is 4. The number of fused-ring (bicyclic) bond motifs is 1. The van der Waals surface area contributed by atoms with E-state index in [4.69, 9.17) is 4.74 Å². The molecular formula is C24H29F2N5O2S. The van der Waals surface area contributed by atoms with E-state index < -0.39 is 11.6 Å². The summed E-state index contributed by atoms with van der Waals surface area (Å²) in [5.41, 5.74) is 4.91. The maximum Gasteiger partial charge on any atom is 0.247 e. The van der Waals surface area contributed by atoms with E-state index in [1.807, 2.05) is 38.1 Å². The van der Waals surface area contributed by atoms with Crippen molar-refractivity contribution in [2.75, 3.05) is 24.4 Å². The first kappa shape index (κ1) is 25.5. The highest BCUT2D eigenvalue weighted by atomic mass is 32.1. The van der Waals surface area contributed by atoms with Crippen LogP contribution in [-0.4, -0.2) is 40.9 Å². The number of anilines is 2. The Morgan fingerprint density at radius 1 is 1.15 bits per heavy atom. The molecule has 0 aliphatic carbocycles. The van der Waals surface area contributed by atoms with Gasteiger partial charge in [0.25, 0.3) is 0 Å². The first-order valence-corrected chi connectivity index (χ1v) is 10.9. The molecule has 0 bridgehead atoms. The summed E-state index contributed by atoms with van der Waals surface area (Å²) in [7, 11) is 3.17. The largest absolute Gasteiger partial charge is 0.491 e. The molecular weight excluding hydrogens is 460 g/mol. The molecule has 0 unspecified atom stereocenters. The second kappa shape index (κ2) is 10.4. The predicted octanol–water partition coefficient (Wildman–Crippen LogP) is 3.99. The number of aromatic nitrogens is 3. The number of pyridine rings is 1. The molecule has 0 spiro atoms. The van der Waals surface area contributed by atoms with Gasteiger partial charge in [0.1, 0.15) is 6.04 Å². The van der Waals surface area contributed by atoms with E-state index in [-0.39, 0.29) is 37.7 Å². The van der Waals surface area contributed by atoms with Crippen molar-refractivity contribution < 1.29 is 18.3 Å². The Morgan fingerprint density at radius 3 is 2.50 bits per heavy atom. The number of hydrogen-bond acceptors (Lipinski definition) is 5. The van der Waals surface area contributed by atoms with Crippen LogP contribution in [0.5, 0.6) is 5.75 Å². The van der Waals surface area contributed by atoms with Crippen molar-refractivity contribution in [1.29, 1.82) is 0 Å². The van der Waals surface area contributed by atoms with Crippen LogP contribution in [0.15, 0.2) is 30.6 Å². The molecule has 0 radical (unpaired) electrons. The Hall–Kier alpha value is -3.14. The molecule has 2 aromatic heterocycles. The Bertz CT molecular complexity index is 1180. The van der Waals surface area contributed by atoms with Crippen molar-refractivity contribution in [3.8, 4) is 5.75 Å². The van der Waals surface area contributed by atoms with Crippen molar-refractivity contribution in [3.05, 3.63) is 64.7 Å². The summed E-state index contributed by atoms with van der Waals surface area (Å²) in [6.45, 7) is 4.14. The predicted molar refractivity (Wildman–Crippen MR) is 132 cm³/mol. The summed E-state index contributed by atoms with van der Waals surface area (Å²) < 4.78 is 34.3. The number of methoxy groups -OCH3 is 1. The average molecular weight is 490 g/mol. The van der Waals surface area contributed by atoms with E-state index >= 15 is 0 Å². The number of ether oxygens (including phenoxy) is 1. The van der Waals surface area contributed by atoms with E-state index in [9.17, 15) is 13.6 Å². The fourth-order valence-electron chi connectivity index (χ4n) is 4.27. The van der Waals surface area contributed by atoms with Crippen molar-refractivity contribution >= 4 is 30.8 Å². The molecule has 3 aromatic rings. The molecule has 4 rings (SSSR count). The Morgan fingerprint density at radius 2 is 1.85 bits per heavy atom. The molecule has 1 aliphatic rings. The highest BCUT2D eigenvalue weighted by Crippen LogP contribution is 2.34. The van der Waals surface area contributed by atoms with Gasteiger partial charge < -0.3 is 15.0 Å². The lowest BCUT2D eigenvalue weighted by molar-refractivity contribution is -0.117. The third-order valence-corrected chi connectivity index (χ3v) is 5.98. The lowest BCUT2D eigenvalue weighted by Crippen LogP contribution is -2.46. The SMILES string of the molecule is CC[C@H]1C(=O)Nc2c(cc(CCc3cnn(Cc4cc(F)c(OC)c(F)c4)c3)nc2C)N1C.S. The highest BCUT2D eigenvalue weighted by molar-refractivity contribution is 7.59. The van der Waals surface area contributed by atoms with Gasteiger partial charge >= 0.3 is 0 Å². The number of halogens is 2. The maximum absolute atomic E-state index is 13.9. The summed E-state index contributed by atoms with van der Waals surface area (Å²) in [5.74, 6) is -1.86. The van der Waals surface area contributed by atoms with Crippen LogP contribution in [0.25, 0.3) is 0 Å². The standard InChI is InChI=1S/C24H27F2N5O2.H2S/c1-5-20-24(32)29-22-14(2)28-17(10-21(22)30(20)3)7-6-15-11-27-31(12-15)13-16-8-18(25)23(33-4)19(26)9-16;/h8-12,20H,5-7,13H2,1-4H3,(H,29,32);1H2/t20-;/m0./s1. The van der Waals surface area contributed by atoms with Crippen molar-refractivity contribution in [2.24, 2.45) is 0 Å². The third-order valence-electron chi connectivity index (χ3n) is 5.98. The zero-order chi connectivity index (χ0) is 23.7. The van der Waals surface area contributed by atoms with E-state index in [0.29, 0.717) is 18.4 Å². The molecule has 0 fully saturated rings. The van der Waals surface area contributed by atoms with Crippen molar-refractivity contribution in [3.63, 3.8) is 0 Å². The van der Waals surface area contributed by atoms with Gasteiger partial charge in [-0.05, 0) is 55.5 Å². The normalized spacial score (nSPS) is 14.9. The van der Waals surface area contributed by atoms with E-state index in [0.717, 1.165) is 34.7 Å². The summed E-state index contributed by atoms with van der Waals surface area (Å²) >= 11 is 0. The van der Waals surface area contributed by atoms with E-state index in [1.54, 1.807) is 10.9 Å². The molecule has 1 aliphatic heterocycles. The fourth-order valence-corrected chi connectivity index (χ4v) is 4.27. The molecule has 1 N–H and O–H groups in total. The number of nitrogens with one attached hydrogen (secondary N) is 1. The Labute approximate surface area is 204 Å². The van der Waals surface area contributed by atoms with Crippen molar-refractivity contribution in [2.45, 2.75) is 45.7 Å². The van der Waals surface area contributed by atoms with Gasteiger partial charge in [0, 0.05) is 18.9 Å². The molecule has 1 atom stereocenters. The molecule has 1 aromatic carbocycles. The second-order valence-corrected chi connectivity index (χ2v) is 8.26. The zero-order valence-corrected chi connectivity index (χ0v) is 20.7. The third kappa shape index (κ3) is 5.01. The molecule has 34 heavy (non-hydrogen) atoms. The molecule has 0 saturated heterocycles. The van der Waals surface area contributed by atoms with Gasteiger partial charge in [-0.1, -0.05) is 6.92 Å². The molecule has 182 valence electrons. The van der Waals surface area contributed by atoms with E-state index in [2.05, 4.69) is 15.4 Å². The first-order chi connectivity index (χ1) is 15.8. The number of aryl methyl sites for hydroxylation is 3. The lowest BCUT2D eigenvalue weighted by atomic mass is 10.0. The molecule has 1 amide bonds. The van der Waals surface area contributed by atoms with Crippen LogP contribution in [0.1, 0.15) is 35.9 Å². The van der Waals surface area contributed by atoms with Crippen LogP contribution >= 0.6 is 13.5 Å². The quantitative estimate of drug-likeness (QED) is 0.544. The second-order valence-electron chi connectivity index (χ2n) is 8.26. The monoisotopic (exact) mass is 489 g/mol. The minimum absolute atomic E-state index is 0. The van der Waals surface area contributed by atoms with Crippen LogP contribution in [0.3, 0.4) is 0 Å². The lowest BCUT2D eigenvalue weighted by Gasteiger charge is -2.35. The number of hydrogen-bond donors (Lipinski definition) is 1. The van der Waals surface area contributed by atoms with E-state index in [1.165, 1.54) is 19.2 Å². The number of benzene rings is 1. The number of rotatable bonds is 7. The number of carbonyl (C=O) groups excluding carboxylic acids is 1. The molecule has 7 nitrogen and oxygen atoms in total. The molecule has 10 heteroatoms. The van der Waals surface area contributed by atoms with Gasteiger partial charge in [-0.25, -0.2) is 8.78 Å². The Balaban J connectivity index is 0.00000324. The summed E-state index contributed by atoms with van der Waals surface area (Å²) in [4.78, 5) is 19.0. The van der Waals surface area contributed by atoms with Crippen LogP contribution in [0.2, 0.25) is 0 Å². The zero-order valence-electron chi connectivity index (χ0n) is 19.7. The van der Waals surface area contributed by atoms with Crippen LogP contribution in [-0.2, 0) is 24.2 Å². The summed E-state index contributed by atoms with van der Waals surface area (Å²) in [5, 5.41) is 7.30. The average Bonchev–Trinajstić information content (AvgIpc) is 3.20. The Kier molecular flexibility index (Phi) is 7.81. The minimum atomic E-state index is -0.736. The first-order valence-electron chi connectivity index (χ1n) is 10.9. The van der Waals surface area contributed by atoms with Gasteiger partial charge in [-0.15, -0.1) is 0 Å². The van der Waals surface area contributed by atoms with Crippen LogP contribution < -0.4 is 15.0 Å². The molecule has 0 saturated carbocycles. The summed E-state index contributed by atoms with van der Waals surface area (Å²) in [6, 6.07) is 4.33. The van der Waals surface area contributed by atoms with Gasteiger partial charge in [0.05, 0.1) is 36.9 Å². The topological polar surface area (TPSA) is 72.3 Å². The summed E-state index contributed by atoms with van der Waals surface area (Å²) in [6.07, 6.45) is 5.75. The van der Waals surface area contributed by atoms with Crippen LogP contribution in [0, 0.1) is 18.6 Å². The minimum Gasteiger partial charge on any atom is -0.491 e. The van der Waals surface area contributed by atoms with Gasteiger partial charge in [0.15, 0.2) is 17.4 Å². The smallest absolute Gasteiger partial charge is 0.247 e. The number of amides is 1.